The first-order chi connectivity index (χ1) is 11.2. The summed E-state index contributed by atoms with van der Waals surface area (Å²) in [6.45, 7) is 4.61. The lowest BCUT2D eigenvalue weighted by molar-refractivity contribution is 1.08. The molecule has 0 bridgehead atoms. The molecule has 0 aliphatic heterocycles. The van der Waals surface area contributed by atoms with Gasteiger partial charge in [-0.2, -0.15) is 0 Å². The average Bonchev–Trinajstić information content (AvgIpc) is 2.97. The van der Waals surface area contributed by atoms with Crippen molar-refractivity contribution in [3.05, 3.63) is 65.3 Å². The van der Waals surface area contributed by atoms with Crippen LogP contribution in [0.3, 0.4) is 0 Å². The van der Waals surface area contributed by atoms with Crippen LogP contribution in [0.25, 0.3) is 21.3 Å². The number of rotatable bonds is 3. The maximum Gasteiger partial charge on any atom is 0.0997 e. The van der Waals surface area contributed by atoms with E-state index in [9.17, 15) is 0 Å². The minimum Gasteiger partial charge on any atom is -0.402 e. The van der Waals surface area contributed by atoms with E-state index in [1.54, 1.807) is 11.3 Å². The molecule has 2 aromatic carbocycles. The summed E-state index contributed by atoms with van der Waals surface area (Å²) in [4.78, 5) is 4.63. The molecule has 3 rings (SSSR count). The number of nitrogens with two attached hydrogens (primary N) is 2. The van der Waals surface area contributed by atoms with E-state index < -0.39 is 0 Å². The van der Waals surface area contributed by atoms with Crippen molar-refractivity contribution in [2.24, 2.45) is 11.5 Å². The number of fused-ring (bicyclic) bond motifs is 1. The molecule has 1 heterocycles. The monoisotopic (exact) mass is 325 g/mol. The van der Waals surface area contributed by atoms with Crippen LogP contribution in [0.4, 0.5) is 0 Å². The van der Waals surface area contributed by atoms with Gasteiger partial charge in [-0.25, -0.2) is 4.98 Å². The predicted octanol–water partition coefficient (Wildman–Crippen LogP) is 4.33. The molecule has 1 aromatic heterocycles. The summed E-state index contributed by atoms with van der Waals surface area (Å²) in [5.74, 6) is 0. The van der Waals surface area contributed by atoms with Crippen LogP contribution < -0.4 is 11.5 Å². The highest BCUT2D eigenvalue weighted by Gasteiger charge is 2.06. The van der Waals surface area contributed by atoms with Crippen LogP contribution in [0.2, 0.25) is 0 Å². The Kier molecular flexibility index (Phi) is 6.32. The molecule has 0 fully saturated rings. The number of aromatic nitrogens is 1. The van der Waals surface area contributed by atoms with Crippen LogP contribution in [-0.2, 0) is 6.42 Å². The van der Waals surface area contributed by atoms with Gasteiger partial charge in [0.1, 0.15) is 0 Å². The second kappa shape index (κ2) is 8.46. The van der Waals surface area contributed by atoms with Gasteiger partial charge in [0.25, 0.3) is 0 Å². The molecule has 3 nitrogen and oxygen atoms in total. The van der Waals surface area contributed by atoms with Crippen LogP contribution >= 0.6 is 11.3 Å². The smallest absolute Gasteiger partial charge is 0.0997 e. The Labute approximate surface area is 141 Å². The third-order valence-corrected chi connectivity index (χ3v) is 4.28. The summed E-state index contributed by atoms with van der Waals surface area (Å²) in [7, 11) is 0. The van der Waals surface area contributed by atoms with Crippen molar-refractivity contribution < 1.29 is 0 Å². The largest absolute Gasteiger partial charge is 0.402 e. The number of benzene rings is 2. The molecule has 23 heavy (non-hydrogen) atoms. The predicted molar refractivity (Wildman–Crippen MR) is 101 cm³/mol. The minimum atomic E-state index is 0.733. The van der Waals surface area contributed by atoms with Crippen LogP contribution in [0.15, 0.2) is 60.3 Å². The highest BCUT2D eigenvalue weighted by Crippen LogP contribution is 2.28. The van der Waals surface area contributed by atoms with Gasteiger partial charge < -0.3 is 11.5 Å². The fourth-order valence-corrected chi connectivity index (χ4v) is 3.18. The summed E-state index contributed by atoms with van der Waals surface area (Å²) in [6, 6.07) is 16.8. The van der Waals surface area contributed by atoms with Crippen LogP contribution in [0.5, 0.6) is 0 Å². The number of nitrogens with zero attached hydrogens (tertiary/aromatic N) is 1. The zero-order valence-electron chi connectivity index (χ0n) is 13.6. The maximum absolute atomic E-state index is 5.88. The van der Waals surface area contributed by atoms with E-state index in [1.165, 1.54) is 15.8 Å². The molecule has 4 heteroatoms. The van der Waals surface area contributed by atoms with Crippen molar-refractivity contribution in [1.29, 1.82) is 0 Å². The average molecular weight is 325 g/mol. The molecule has 0 spiro atoms. The van der Waals surface area contributed by atoms with Gasteiger partial charge in [-0.1, -0.05) is 49.4 Å². The number of thiazole rings is 1. The Bertz CT molecular complexity index is 776. The summed E-state index contributed by atoms with van der Waals surface area (Å²) in [5.41, 5.74) is 15.1. The molecule has 4 N–H and O–H groups in total. The summed E-state index contributed by atoms with van der Waals surface area (Å²) in [5, 5.41) is 1.07. The van der Waals surface area contributed by atoms with Gasteiger partial charge in [-0.05, 0) is 36.7 Å². The van der Waals surface area contributed by atoms with E-state index in [4.69, 9.17) is 11.5 Å². The summed E-state index contributed by atoms with van der Waals surface area (Å²) < 4.78 is 1.21. The molecule has 0 atom stereocenters. The van der Waals surface area contributed by atoms with Gasteiger partial charge in [-0.3, -0.25) is 0 Å². The first kappa shape index (κ1) is 17.2. The van der Waals surface area contributed by atoms with E-state index in [-0.39, 0.29) is 0 Å². The second-order valence-electron chi connectivity index (χ2n) is 5.10. The fourth-order valence-electron chi connectivity index (χ4n) is 2.13. The standard InChI is InChI=1S/C17H16N2S.C2H7N/c1-2-14(18)11-17-19-15-9-8-13(10-16(15)20-17)12-6-4-3-5-7-12;1-2-3/h2-10H,11,18H2,1H3;2-3H2,1H3/b14-2-;. The second-order valence-corrected chi connectivity index (χ2v) is 6.22. The van der Waals surface area contributed by atoms with E-state index in [0.717, 1.165) is 29.2 Å². The SMILES string of the molecule is C/C=C(\N)Cc1nc2ccc(-c3ccccc3)cc2s1.CCN. The van der Waals surface area contributed by atoms with E-state index in [0.29, 0.717) is 0 Å². The molecule has 0 amide bonds. The maximum atomic E-state index is 5.88. The van der Waals surface area contributed by atoms with Crippen molar-refractivity contribution in [1.82, 2.24) is 4.98 Å². The highest BCUT2D eigenvalue weighted by molar-refractivity contribution is 7.18. The molecule has 0 unspecified atom stereocenters. The third-order valence-electron chi connectivity index (χ3n) is 3.27. The van der Waals surface area contributed by atoms with Crippen LogP contribution in [0.1, 0.15) is 18.9 Å². The van der Waals surface area contributed by atoms with E-state index in [2.05, 4.69) is 47.4 Å². The van der Waals surface area contributed by atoms with Crippen LogP contribution in [-0.4, -0.2) is 11.5 Å². The zero-order chi connectivity index (χ0) is 16.7. The van der Waals surface area contributed by atoms with Crippen molar-refractivity contribution in [3.8, 4) is 11.1 Å². The number of hydrogen-bond donors (Lipinski definition) is 2. The van der Waals surface area contributed by atoms with Gasteiger partial charge in [-0.15, -0.1) is 11.3 Å². The molecule has 0 saturated carbocycles. The number of hydrogen-bond acceptors (Lipinski definition) is 4. The third kappa shape index (κ3) is 4.65. The Balaban J connectivity index is 0.000000595. The summed E-state index contributed by atoms with van der Waals surface area (Å²) >= 11 is 1.72. The van der Waals surface area contributed by atoms with Gasteiger partial charge in [0.2, 0.25) is 0 Å². The van der Waals surface area contributed by atoms with Gasteiger partial charge in [0.05, 0.1) is 15.2 Å². The molecule has 3 aromatic rings. The van der Waals surface area contributed by atoms with Crippen LogP contribution in [0, 0.1) is 0 Å². The lowest BCUT2D eigenvalue weighted by atomic mass is 10.1. The Morgan fingerprint density at radius 1 is 1.13 bits per heavy atom. The van der Waals surface area contributed by atoms with Crippen molar-refractivity contribution >= 4 is 21.6 Å². The van der Waals surface area contributed by atoms with Gasteiger partial charge in [0, 0.05) is 12.1 Å². The molecule has 0 radical (unpaired) electrons. The minimum absolute atomic E-state index is 0.733. The Morgan fingerprint density at radius 3 is 2.48 bits per heavy atom. The van der Waals surface area contributed by atoms with Crippen molar-refractivity contribution in [2.75, 3.05) is 6.54 Å². The first-order valence-corrected chi connectivity index (χ1v) is 8.55. The molecule has 0 aliphatic carbocycles. The molecule has 0 saturated heterocycles. The lowest BCUT2D eigenvalue weighted by Crippen LogP contribution is -1.99. The van der Waals surface area contributed by atoms with Gasteiger partial charge >= 0.3 is 0 Å². The van der Waals surface area contributed by atoms with Crippen molar-refractivity contribution in [3.63, 3.8) is 0 Å². The first-order valence-electron chi connectivity index (χ1n) is 7.73. The molecular weight excluding hydrogens is 302 g/mol. The number of allylic oxidation sites excluding steroid dienone is 2. The molecule has 120 valence electrons. The Morgan fingerprint density at radius 2 is 1.83 bits per heavy atom. The lowest BCUT2D eigenvalue weighted by Gasteiger charge is -2.00. The normalized spacial score (nSPS) is 11.2. The van der Waals surface area contributed by atoms with E-state index >= 15 is 0 Å². The molecular formula is C19H23N3S. The fraction of sp³-hybridized carbons (Fsp3) is 0.211. The molecule has 0 aliphatic rings. The van der Waals surface area contributed by atoms with E-state index in [1.807, 2.05) is 26.0 Å². The summed E-state index contributed by atoms with van der Waals surface area (Å²) in [6.07, 6.45) is 2.66. The quantitative estimate of drug-likeness (QED) is 0.753. The Hall–Kier alpha value is -2.17. The van der Waals surface area contributed by atoms with Crippen molar-refractivity contribution in [2.45, 2.75) is 20.3 Å². The van der Waals surface area contributed by atoms with Gasteiger partial charge in [0.15, 0.2) is 0 Å². The zero-order valence-corrected chi connectivity index (χ0v) is 14.4. The topological polar surface area (TPSA) is 64.9 Å². The highest BCUT2D eigenvalue weighted by atomic mass is 32.1.